The van der Waals surface area contributed by atoms with E-state index in [1.165, 1.54) is 19.4 Å². The van der Waals surface area contributed by atoms with Gasteiger partial charge in [0.15, 0.2) is 5.13 Å². The van der Waals surface area contributed by atoms with E-state index < -0.39 is 28.8 Å². The molecule has 2 N–H and O–H groups in total. The molecule has 0 bridgehead atoms. The van der Waals surface area contributed by atoms with Crippen LogP contribution in [0.1, 0.15) is 16.9 Å². The molecule has 160 valence electrons. The Kier molecular flexibility index (Phi) is 5.05. The number of nitrogens with one attached hydrogen (secondary N) is 2. The van der Waals surface area contributed by atoms with Gasteiger partial charge < -0.3 is 9.73 Å². The van der Waals surface area contributed by atoms with E-state index in [2.05, 4.69) is 15.3 Å². The number of benzene rings is 1. The van der Waals surface area contributed by atoms with Crippen LogP contribution in [0.2, 0.25) is 0 Å². The summed E-state index contributed by atoms with van der Waals surface area (Å²) in [6.07, 6.45) is -0.206. The fraction of sp³-hybridized carbons (Fsp3) is 0.200. The first-order valence-electron chi connectivity index (χ1n) is 9.08. The van der Waals surface area contributed by atoms with Crippen molar-refractivity contribution in [2.75, 3.05) is 5.32 Å². The Labute approximate surface area is 177 Å². The molecule has 0 saturated heterocycles. The van der Waals surface area contributed by atoms with E-state index in [4.69, 9.17) is 4.42 Å². The minimum absolute atomic E-state index is 0.00167. The number of hydrogen-bond donors (Lipinski definition) is 2. The van der Waals surface area contributed by atoms with Crippen LogP contribution in [0.25, 0.3) is 22.4 Å². The number of aromatic amines is 1. The molecule has 0 saturated carbocycles. The number of amides is 1. The van der Waals surface area contributed by atoms with E-state index >= 15 is 0 Å². The highest BCUT2D eigenvalue weighted by atomic mass is 32.1. The summed E-state index contributed by atoms with van der Waals surface area (Å²) in [5.41, 5.74) is -0.504. The summed E-state index contributed by atoms with van der Waals surface area (Å²) < 4.78 is 34.3. The predicted molar refractivity (Wildman–Crippen MR) is 111 cm³/mol. The molecule has 0 unspecified atom stereocenters. The second-order valence-corrected chi connectivity index (χ2v) is 7.84. The van der Waals surface area contributed by atoms with Gasteiger partial charge in [-0.2, -0.15) is 0 Å². The molecule has 3 heterocycles. The maximum atomic E-state index is 14.2. The first-order valence-corrected chi connectivity index (χ1v) is 9.96. The molecule has 0 aliphatic carbocycles. The molecule has 1 amide bonds. The molecule has 4 aromatic rings. The zero-order valence-corrected chi connectivity index (χ0v) is 17.4. The van der Waals surface area contributed by atoms with Crippen LogP contribution in [0.15, 0.2) is 31.5 Å². The number of fused-ring (bicyclic) bond motifs is 1. The summed E-state index contributed by atoms with van der Waals surface area (Å²) in [7, 11) is 1.32. The standard InChI is InChI=1S/C20H16F2N4O4S/c1-8-4-13(22)11(5-12(8)21)14-7-31-19(23-14)24-15(27)6-10-9(2)30-17-16(10)18(28)26(3)20(29)25-17/h4-5,7H,6H2,1-3H3,(H,25,29)(H,23,24,27). The topological polar surface area (TPSA) is 110 Å². The number of nitrogens with zero attached hydrogens (tertiary/aromatic N) is 2. The minimum Gasteiger partial charge on any atom is -0.444 e. The molecule has 31 heavy (non-hydrogen) atoms. The van der Waals surface area contributed by atoms with E-state index in [1.807, 2.05) is 0 Å². The molecule has 0 aliphatic rings. The van der Waals surface area contributed by atoms with Crippen LogP contribution in [0.5, 0.6) is 0 Å². The van der Waals surface area contributed by atoms with Gasteiger partial charge in [-0.05, 0) is 31.5 Å². The molecule has 0 aliphatic heterocycles. The number of furan rings is 1. The normalized spacial score (nSPS) is 11.3. The second-order valence-electron chi connectivity index (χ2n) is 6.98. The number of thiazole rings is 1. The summed E-state index contributed by atoms with van der Waals surface area (Å²) in [6, 6.07) is 2.14. The maximum absolute atomic E-state index is 14.2. The number of halogens is 2. The van der Waals surface area contributed by atoms with Crippen LogP contribution in [0.4, 0.5) is 13.9 Å². The van der Waals surface area contributed by atoms with Gasteiger partial charge in [0.05, 0.1) is 12.1 Å². The van der Waals surface area contributed by atoms with E-state index in [-0.39, 0.29) is 39.5 Å². The highest BCUT2D eigenvalue weighted by molar-refractivity contribution is 7.14. The van der Waals surface area contributed by atoms with Crippen molar-refractivity contribution in [2.45, 2.75) is 20.3 Å². The number of anilines is 1. The molecule has 0 radical (unpaired) electrons. The Hall–Kier alpha value is -3.60. The average molecular weight is 446 g/mol. The molecule has 0 atom stereocenters. The van der Waals surface area contributed by atoms with Crippen molar-refractivity contribution in [3.8, 4) is 11.3 Å². The number of carbonyl (C=O) groups is 1. The molecule has 4 rings (SSSR count). The number of aryl methyl sites for hydroxylation is 2. The number of hydrogen-bond acceptors (Lipinski definition) is 6. The third-order valence-electron chi connectivity index (χ3n) is 4.86. The zero-order valence-electron chi connectivity index (χ0n) is 16.6. The monoisotopic (exact) mass is 446 g/mol. The van der Waals surface area contributed by atoms with Gasteiger partial charge in [0, 0.05) is 23.6 Å². The summed E-state index contributed by atoms with van der Waals surface area (Å²) >= 11 is 1.05. The molecule has 3 aromatic heterocycles. The molecule has 1 aromatic carbocycles. The Balaban J connectivity index is 1.59. The van der Waals surface area contributed by atoms with Gasteiger partial charge in [0.1, 0.15) is 22.8 Å². The molecular weight excluding hydrogens is 430 g/mol. The fourth-order valence-electron chi connectivity index (χ4n) is 3.17. The molecule has 8 nitrogen and oxygen atoms in total. The first-order chi connectivity index (χ1) is 14.7. The summed E-state index contributed by atoms with van der Waals surface area (Å²) in [5, 5.41) is 4.39. The van der Waals surface area contributed by atoms with Gasteiger partial charge >= 0.3 is 5.69 Å². The van der Waals surface area contributed by atoms with E-state index in [0.717, 1.165) is 28.0 Å². The highest BCUT2D eigenvalue weighted by Gasteiger charge is 2.20. The average Bonchev–Trinajstić information content (AvgIpc) is 3.27. The van der Waals surface area contributed by atoms with Crippen molar-refractivity contribution in [1.29, 1.82) is 0 Å². The maximum Gasteiger partial charge on any atom is 0.330 e. The van der Waals surface area contributed by atoms with Gasteiger partial charge in [-0.1, -0.05) is 0 Å². The van der Waals surface area contributed by atoms with E-state index in [0.29, 0.717) is 11.3 Å². The van der Waals surface area contributed by atoms with Gasteiger partial charge in [0.25, 0.3) is 5.56 Å². The Morgan fingerprint density at radius 1 is 1.26 bits per heavy atom. The van der Waals surface area contributed by atoms with E-state index in [9.17, 15) is 23.2 Å². The largest absolute Gasteiger partial charge is 0.444 e. The Morgan fingerprint density at radius 2 is 2.00 bits per heavy atom. The first kappa shape index (κ1) is 20.7. The zero-order chi connectivity index (χ0) is 22.4. The minimum atomic E-state index is -0.627. The lowest BCUT2D eigenvalue weighted by Crippen LogP contribution is -2.32. The van der Waals surface area contributed by atoms with Gasteiger partial charge in [-0.25, -0.2) is 18.6 Å². The van der Waals surface area contributed by atoms with Crippen molar-refractivity contribution in [2.24, 2.45) is 7.05 Å². The van der Waals surface area contributed by atoms with Crippen molar-refractivity contribution >= 4 is 33.5 Å². The summed E-state index contributed by atoms with van der Waals surface area (Å²) in [4.78, 5) is 43.3. The van der Waals surface area contributed by atoms with E-state index in [1.54, 1.807) is 6.92 Å². The smallest absolute Gasteiger partial charge is 0.330 e. The van der Waals surface area contributed by atoms with Gasteiger partial charge in [-0.3, -0.25) is 19.1 Å². The van der Waals surface area contributed by atoms with Crippen LogP contribution >= 0.6 is 11.3 Å². The van der Waals surface area contributed by atoms with Crippen LogP contribution < -0.4 is 16.6 Å². The molecule has 11 heteroatoms. The molecule has 0 spiro atoms. The Morgan fingerprint density at radius 3 is 2.74 bits per heavy atom. The lowest BCUT2D eigenvalue weighted by Gasteiger charge is -2.03. The van der Waals surface area contributed by atoms with Crippen molar-refractivity contribution in [3.63, 3.8) is 0 Å². The third-order valence-corrected chi connectivity index (χ3v) is 5.62. The number of aromatic nitrogens is 3. The number of rotatable bonds is 4. The van der Waals surface area contributed by atoms with Crippen LogP contribution in [0, 0.1) is 25.5 Å². The quantitative estimate of drug-likeness (QED) is 0.501. The fourth-order valence-corrected chi connectivity index (χ4v) is 3.89. The molecule has 0 fully saturated rings. The highest BCUT2D eigenvalue weighted by Crippen LogP contribution is 2.29. The number of H-pyrrole nitrogens is 1. The van der Waals surface area contributed by atoms with Crippen molar-refractivity contribution in [1.82, 2.24) is 14.5 Å². The van der Waals surface area contributed by atoms with Crippen molar-refractivity contribution < 1.29 is 18.0 Å². The Bertz CT molecular complexity index is 1460. The van der Waals surface area contributed by atoms with Crippen LogP contribution in [-0.4, -0.2) is 20.4 Å². The van der Waals surface area contributed by atoms with Crippen molar-refractivity contribution in [3.05, 3.63) is 66.9 Å². The summed E-state index contributed by atoms with van der Waals surface area (Å²) in [5.74, 6) is -1.35. The summed E-state index contributed by atoms with van der Waals surface area (Å²) in [6.45, 7) is 3.04. The third kappa shape index (κ3) is 3.67. The van der Waals surface area contributed by atoms with Gasteiger partial charge in [-0.15, -0.1) is 11.3 Å². The second kappa shape index (κ2) is 7.58. The van der Waals surface area contributed by atoms with Crippen LogP contribution in [0.3, 0.4) is 0 Å². The SMILES string of the molecule is Cc1cc(F)c(-c2csc(NC(=O)Cc3c(C)oc4[nH]c(=O)n(C)c(=O)c34)n2)cc1F. The van der Waals surface area contributed by atoms with Gasteiger partial charge in [0.2, 0.25) is 11.6 Å². The molecular formula is C20H16F2N4O4S. The lowest BCUT2D eigenvalue weighted by atomic mass is 10.1. The lowest BCUT2D eigenvalue weighted by molar-refractivity contribution is -0.115. The van der Waals surface area contributed by atoms with Crippen LogP contribution in [-0.2, 0) is 18.3 Å². The number of carbonyl (C=O) groups excluding carboxylic acids is 1. The predicted octanol–water partition coefficient (Wildman–Crippen LogP) is 3.02.